The molecule has 0 atom stereocenters. The van der Waals surface area contributed by atoms with E-state index in [2.05, 4.69) is 0 Å². The molecule has 0 unspecified atom stereocenters. The van der Waals surface area contributed by atoms with Crippen molar-refractivity contribution in [1.29, 1.82) is 0 Å². The molecule has 16 heavy (non-hydrogen) atoms. The molecule has 4 heteroatoms. The van der Waals surface area contributed by atoms with E-state index in [0.717, 1.165) is 25.7 Å². The quantitative estimate of drug-likeness (QED) is 0.866. The normalized spacial score (nSPS) is 18.8. The third kappa shape index (κ3) is 1.89. The molecule has 0 saturated heterocycles. The van der Waals surface area contributed by atoms with E-state index < -0.39 is 5.54 Å². The van der Waals surface area contributed by atoms with Crippen molar-refractivity contribution in [2.24, 2.45) is 5.73 Å². The zero-order valence-corrected chi connectivity index (χ0v) is 9.98. The van der Waals surface area contributed by atoms with Crippen LogP contribution in [0.3, 0.4) is 0 Å². The summed E-state index contributed by atoms with van der Waals surface area (Å²) in [6.07, 6.45) is 3.83. The van der Waals surface area contributed by atoms with Gasteiger partial charge in [0.2, 0.25) is 0 Å². The van der Waals surface area contributed by atoms with E-state index >= 15 is 0 Å². The van der Waals surface area contributed by atoms with Crippen LogP contribution in [-0.2, 0) is 5.54 Å². The second kappa shape index (κ2) is 4.22. The number of methoxy groups -OCH3 is 1. The first-order valence-electron chi connectivity index (χ1n) is 5.39. The van der Waals surface area contributed by atoms with Crippen LogP contribution in [0.4, 0.5) is 4.39 Å². The zero-order valence-electron chi connectivity index (χ0n) is 9.22. The van der Waals surface area contributed by atoms with E-state index in [9.17, 15) is 4.39 Å². The van der Waals surface area contributed by atoms with Crippen molar-refractivity contribution in [2.75, 3.05) is 7.11 Å². The van der Waals surface area contributed by atoms with Gasteiger partial charge in [-0.1, -0.05) is 24.4 Å². The van der Waals surface area contributed by atoms with E-state index in [1.807, 2.05) is 0 Å². The van der Waals surface area contributed by atoms with Crippen molar-refractivity contribution in [3.8, 4) is 5.75 Å². The molecule has 2 N–H and O–H groups in total. The summed E-state index contributed by atoms with van der Waals surface area (Å²) < 4.78 is 18.6. The monoisotopic (exact) mass is 243 g/mol. The number of nitrogens with two attached hydrogens (primary N) is 1. The van der Waals surface area contributed by atoms with Gasteiger partial charge >= 0.3 is 0 Å². The first-order valence-corrected chi connectivity index (χ1v) is 5.77. The standard InChI is InChI=1S/C12H15ClFNO/c1-16-11-9(6-8(14)7-10(11)13)12(15)4-2-3-5-12/h6-7H,2-5,15H2,1H3. The lowest BCUT2D eigenvalue weighted by Gasteiger charge is -2.26. The Balaban J connectivity index is 2.53. The summed E-state index contributed by atoms with van der Waals surface area (Å²) in [4.78, 5) is 0. The Bertz CT molecular complexity index is 402. The lowest BCUT2D eigenvalue weighted by molar-refractivity contribution is 0.377. The highest BCUT2D eigenvalue weighted by Gasteiger charge is 2.35. The van der Waals surface area contributed by atoms with Gasteiger partial charge in [-0.05, 0) is 25.0 Å². The topological polar surface area (TPSA) is 35.2 Å². The first-order chi connectivity index (χ1) is 7.57. The Labute approximate surface area is 99.5 Å². The van der Waals surface area contributed by atoms with E-state index in [-0.39, 0.29) is 10.8 Å². The lowest BCUT2D eigenvalue weighted by atomic mass is 9.88. The van der Waals surface area contributed by atoms with Crippen molar-refractivity contribution in [3.05, 3.63) is 28.5 Å². The minimum Gasteiger partial charge on any atom is -0.495 e. The second-order valence-electron chi connectivity index (χ2n) is 4.33. The molecule has 2 nitrogen and oxygen atoms in total. The number of halogens is 2. The molecular formula is C12H15ClFNO. The molecule has 1 aliphatic rings. The molecule has 1 aromatic carbocycles. The third-order valence-corrected chi connectivity index (χ3v) is 3.53. The maximum absolute atomic E-state index is 13.4. The predicted octanol–water partition coefficient (Wildman–Crippen LogP) is 3.22. The van der Waals surface area contributed by atoms with Gasteiger partial charge in [0, 0.05) is 11.1 Å². The van der Waals surface area contributed by atoms with Crippen LogP contribution in [0.2, 0.25) is 5.02 Å². The maximum Gasteiger partial charge on any atom is 0.142 e. The average molecular weight is 244 g/mol. The second-order valence-corrected chi connectivity index (χ2v) is 4.74. The first kappa shape index (κ1) is 11.7. The van der Waals surface area contributed by atoms with Crippen molar-refractivity contribution in [3.63, 3.8) is 0 Å². The van der Waals surface area contributed by atoms with Gasteiger partial charge in [0.25, 0.3) is 0 Å². The van der Waals surface area contributed by atoms with E-state index in [0.29, 0.717) is 11.3 Å². The van der Waals surface area contributed by atoms with Crippen molar-refractivity contribution >= 4 is 11.6 Å². The molecule has 1 saturated carbocycles. The fourth-order valence-electron chi connectivity index (χ4n) is 2.41. The number of rotatable bonds is 2. The fraction of sp³-hybridized carbons (Fsp3) is 0.500. The number of hydrogen-bond donors (Lipinski definition) is 1. The Morgan fingerprint density at radius 1 is 1.38 bits per heavy atom. The van der Waals surface area contributed by atoms with Gasteiger partial charge in [0.15, 0.2) is 0 Å². The smallest absolute Gasteiger partial charge is 0.142 e. The van der Waals surface area contributed by atoms with Gasteiger partial charge < -0.3 is 10.5 Å². The van der Waals surface area contributed by atoms with Crippen LogP contribution in [0.5, 0.6) is 5.75 Å². The maximum atomic E-state index is 13.4. The van der Waals surface area contributed by atoms with E-state index in [4.69, 9.17) is 22.1 Å². The van der Waals surface area contributed by atoms with Crippen LogP contribution in [0.15, 0.2) is 12.1 Å². The van der Waals surface area contributed by atoms with Crippen molar-refractivity contribution in [2.45, 2.75) is 31.2 Å². The third-order valence-electron chi connectivity index (χ3n) is 3.24. The highest BCUT2D eigenvalue weighted by atomic mass is 35.5. The minimum absolute atomic E-state index is 0.286. The lowest BCUT2D eigenvalue weighted by Crippen LogP contribution is -2.33. The molecule has 88 valence electrons. The summed E-state index contributed by atoms with van der Waals surface area (Å²) in [7, 11) is 1.53. The summed E-state index contributed by atoms with van der Waals surface area (Å²) in [5.41, 5.74) is 6.49. The van der Waals surface area contributed by atoms with Crippen LogP contribution >= 0.6 is 11.6 Å². The molecule has 1 fully saturated rings. The zero-order chi connectivity index (χ0) is 11.8. The SMILES string of the molecule is COc1c(Cl)cc(F)cc1C1(N)CCCC1. The molecule has 0 radical (unpaired) electrons. The van der Waals surface area contributed by atoms with Gasteiger partial charge in [-0.2, -0.15) is 0 Å². The molecule has 0 spiro atoms. The van der Waals surface area contributed by atoms with Gasteiger partial charge in [-0.25, -0.2) is 4.39 Å². The summed E-state index contributed by atoms with van der Waals surface area (Å²) in [6.45, 7) is 0. The largest absolute Gasteiger partial charge is 0.495 e. The molecule has 0 aromatic heterocycles. The summed E-state index contributed by atoms with van der Waals surface area (Å²) >= 11 is 5.95. The van der Waals surface area contributed by atoms with Crippen LogP contribution in [0.1, 0.15) is 31.2 Å². The average Bonchev–Trinajstić information content (AvgIpc) is 2.65. The Hall–Kier alpha value is -0.800. The van der Waals surface area contributed by atoms with Gasteiger partial charge in [-0.15, -0.1) is 0 Å². The van der Waals surface area contributed by atoms with Crippen molar-refractivity contribution < 1.29 is 9.13 Å². The summed E-state index contributed by atoms with van der Waals surface area (Å²) in [5, 5.41) is 0.286. The molecule has 0 bridgehead atoms. The van der Waals surface area contributed by atoms with Crippen LogP contribution in [0.25, 0.3) is 0 Å². The molecule has 1 aliphatic carbocycles. The number of hydrogen-bond acceptors (Lipinski definition) is 2. The van der Waals surface area contributed by atoms with Crippen LogP contribution in [-0.4, -0.2) is 7.11 Å². The Morgan fingerprint density at radius 2 is 2.00 bits per heavy atom. The molecule has 0 heterocycles. The van der Waals surface area contributed by atoms with Gasteiger partial charge in [0.05, 0.1) is 12.1 Å². The van der Waals surface area contributed by atoms with Crippen LogP contribution in [0, 0.1) is 5.82 Å². The van der Waals surface area contributed by atoms with Gasteiger partial charge in [-0.3, -0.25) is 0 Å². The fourth-order valence-corrected chi connectivity index (χ4v) is 2.70. The summed E-state index contributed by atoms with van der Waals surface area (Å²) in [6, 6.07) is 2.69. The number of ether oxygens (including phenoxy) is 1. The van der Waals surface area contributed by atoms with Crippen LogP contribution < -0.4 is 10.5 Å². The van der Waals surface area contributed by atoms with Gasteiger partial charge in [0.1, 0.15) is 11.6 Å². The Morgan fingerprint density at radius 3 is 2.56 bits per heavy atom. The minimum atomic E-state index is -0.489. The molecule has 0 aliphatic heterocycles. The highest BCUT2D eigenvalue weighted by molar-refractivity contribution is 6.32. The Kier molecular flexibility index (Phi) is 3.08. The molecular weight excluding hydrogens is 229 g/mol. The predicted molar refractivity (Wildman–Crippen MR) is 62.3 cm³/mol. The van der Waals surface area contributed by atoms with E-state index in [1.165, 1.54) is 19.2 Å². The number of benzene rings is 1. The van der Waals surface area contributed by atoms with E-state index in [1.54, 1.807) is 0 Å². The summed E-state index contributed by atoms with van der Waals surface area (Å²) in [5.74, 6) is 0.144. The molecule has 1 aromatic rings. The molecule has 0 amide bonds. The van der Waals surface area contributed by atoms with Crippen molar-refractivity contribution in [1.82, 2.24) is 0 Å². The highest BCUT2D eigenvalue weighted by Crippen LogP contribution is 2.43. The molecule has 2 rings (SSSR count).